The number of ether oxygens (including phenoxy) is 2. The van der Waals surface area contributed by atoms with Crippen LogP contribution in [0.1, 0.15) is 11.3 Å². The Morgan fingerprint density at radius 2 is 1.89 bits per heavy atom. The molecule has 2 aromatic carbocycles. The smallest absolute Gasteiger partial charge is 0.331 e. The maximum atomic E-state index is 13.0. The van der Waals surface area contributed by atoms with Crippen molar-refractivity contribution in [2.45, 2.75) is 6.54 Å². The van der Waals surface area contributed by atoms with Crippen molar-refractivity contribution in [1.82, 2.24) is 10.2 Å². The molecular weight excluding hydrogens is 534 g/mol. The van der Waals surface area contributed by atoms with Crippen LogP contribution < -0.4 is 20.1 Å². The number of anilines is 1. The molecule has 1 saturated heterocycles. The number of amides is 5. The molecule has 2 heterocycles. The summed E-state index contributed by atoms with van der Waals surface area (Å²) in [5.41, 5.74) is 0.801. The van der Waals surface area contributed by atoms with Gasteiger partial charge in [-0.15, -0.1) is 0 Å². The average molecular weight is 554 g/mol. The normalized spacial score (nSPS) is 14.6. The molecule has 0 saturated carbocycles. The van der Waals surface area contributed by atoms with Gasteiger partial charge in [0.1, 0.15) is 11.3 Å². The van der Waals surface area contributed by atoms with Gasteiger partial charge in [0.2, 0.25) is 0 Å². The standard InChI is InChI=1S/C25H20BrN3O7/c1-34-20-11-15(19(26)12-21(20)36-14-22(30)27-16-6-3-2-4-7-16)10-18-23(31)28-25(33)29(24(18)32)13-17-8-5-9-35-17/h2-12H,13-14H2,1H3,(H,27,30)(H,28,31,33)/b18-10+. The molecule has 1 aliphatic heterocycles. The Morgan fingerprint density at radius 3 is 2.58 bits per heavy atom. The van der Waals surface area contributed by atoms with Crippen LogP contribution in [0.3, 0.4) is 0 Å². The third kappa shape index (κ3) is 5.63. The number of nitrogens with one attached hydrogen (secondary N) is 2. The Balaban J connectivity index is 1.52. The average Bonchev–Trinajstić information content (AvgIpc) is 3.38. The van der Waals surface area contributed by atoms with Gasteiger partial charge in [-0.3, -0.25) is 24.6 Å². The maximum absolute atomic E-state index is 13.0. The Morgan fingerprint density at radius 1 is 1.11 bits per heavy atom. The summed E-state index contributed by atoms with van der Waals surface area (Å²) in [6.07, 6.45) is 2.75. The number of carbonyl (C=O) groups is 4. The number of methoxy groups -OCH3 is 1. The minimum Gasteiger partial charge on any atom is -0.493 e. The summed E-state index contributed by atoms with van der Waals surface area (Å²) in [5.74, 6) is -1.05. The molecule has 2 N–H and O–H groups in total. The lowest BCUT2D eigenvalue weighted by molar-refractivity contribution is -0.130. The summed E-state index contributed by atoms with van der Waals surface area (Å²) < 4.78 is 16.7. The predicted molar refractivity (Wildman–Crippen MR) is 132 cm³/mol. The van der Waals surface area contributed by atoms with Crippen LogP contribution in [-0.4, -0.2) is 42.4 Å². The number of hydrogen-bond donors (Lipinski definition) is 2. The van der Waals surface area contributed by atoms with E-state index in [1.807, 2.05) is 6.07 Å². The molecule has 1 aliphatic rings. The highest BCUT2D eigenvalue weighted by Gasteiger charge is 2.36. The molecule has 0 atom stereocenters. The van der Waals surface area contributed by atoms with Crippen molar-refractivity contribution in [3.05, 3.63) is 82.2 Å². The molecular formula is C25H20BrN3O7. The van der Waals surface area contributed by atoms with Crippen LogP contribution in [0.4, 0.5) is 10.5 Å². The van der Waals surface area contributed by atoms with E-state index in [0.29, 0.717) is 21.5 Å². The van der Waals surface area contributed by atoms with E-state index in [2.05, 4.69) is 26.6 Å². The highest BCUT2D eigenvalue weighted by molar-refractivity contribution is 9.10. The van der Waals surface area contributed by atoms with Crippen LogP contribution in [-0.2, 0) is 20.9 Å². The number of hydrogen-bond acceptors (Lipinski definition) is 7. The van der Waals surface area contributed by atoms with Gasteiger partial charge in [-0.05, 0) is 48.0 Å². The third-order valence-electron chi connectivity index (χ3n) is 5.08. The van der Waals surface area contributed by atoms with Gasteiger partial charge in [0.05, 0.1) is 19.9 Å². The molecule has 0 radical (unpaired) electrons. The van der Waals surface area contributed by atoms with Crippen molar-refractivity contribution in [3.8, 4) is 11.5 Å². The Hall–Kier alpha value is -4.38. The fourth-order valence-corrected chi connectivity index (χ4v) is 3.78. The first kappa shape index (κ1) is 24.7. The molecule has 4 rings (SSSR count). The first-order valence-corrected chi connectivity index (χ1v) is 11.4. The summed E-state index contributed by atoms with van der Waals surface area (Å²) in [7, 11) is 1.42. The van der Waals surface area contributed by atoms with Gasteiger partial charge in [-0.2, -0.15) is 0 Å². The van der Waals surface area contributed by atoms with Crippen molar-refractivity contribution in [3.63, 3.8) is 0 Å². The highest BCUT2D eigenvalue weighted by Crippen LogP contribution is 2.35. The minimum absolute atomic E-state index is 0.134. The summed E-state index contributed by atoms with van der Waals surface area (Å²) >= 11 is 3.39. The van der Waals surface area contributed by atoms with Crippen molar-refractivity contribution in [2.75, 3.05) is 19.0 Å². The van der Waals surface area contributed by atoms with E-state index in [1.165, 1.54) is 25.5 Å². The second-order valence-corrected chi connectivity index (χ2v) is 8.37. The third-order valence-corrected chi connectivity index (χ3v) is 5.77. The van der Waals surface area contributed by atoms with Gasteiger partial charge >= 0.3 is 6.03 Å². The van der Waals surface area contributed by atoms with Gasteiger partial charge in [0.15, 0.2) is 18.1 Å². The Kier molecular flexibility index (Phi) is 7.50. The molecule has 0 unspecified atom stereocenters. The van der Waals surface area contributed by atoms with E-state index in [1.54, 1.807) is 42.5 Å². The fourth-order valence-electron chi connectivity index (χ4n) is 3.35. The number of urea groups is 1. The number of furan rings is 1. The monoisotopic (exact) mass is 553 g/mol. The largest absolute Gasteiger partial charge is 0.493 e. The number of rotatable bonds is 8. The fraction of sp³-hybridized carbons (Fsp3) is 0.120. The second kappa shape index (κ2) is 10.9. The lowest BCUT2D eigenvalue weighted by atomic mass is 10.1. The number of nitrogens with zero attached hydrogens (tertiary/aromatic N) is 1. The van der Waals surface area contributed by atoms with Crippen LogP contribution in [0.5, 0.6) is 11.5 Å². The topological polar surface area (TPSA) is 127 Å². The first-order chi connectivity index (χ1) is 17.4. The Labute approximate surface area is 214 Å². The molecule has 0 spiro atoms. The molecule has 0 aliphatic carbocycles. The summed E-state index contributed by atoms with van der Waals surface area (Å²) in [5, 5.41) is 4.87. The van der Waals surface area contributed by atoms with E-state index in [0.717, 1.165) is 4.90 Å². The van der Waals surface area contributed by atoms with E-state index in [4.69, 9.17) is 13.9 Å². The van der Waals surface area contributed by atoms with E-state index in [9.17, 15) is 19.2 Å². The number of benzene rings is 2. The maximum Gasteiger partial charge on any atom is 0.331 e. The van der Waals surface area contributed by atoms with Crippen LogP contribution in [0.15, 0.2) is 75.3 Å². The Bertz CT molecular complexity index is 1340. The lowest BCUT2D eigenvalue weighted by Gasteiger charge is -2.25. The van der Waals surface area contributed by atoms with Crippen molar-refractivity contribution < 1.29 is 33.1 Å². The van der Waals surface area contributed by atoms with Crippen LogP contribution in [0, 0.1) is 0 Å². The molecule has 36 heavy (non-hydrogen) atoms. The van der Waals surface area contributed by atoms with Gasteiger partial charge in [0.25, 0.3) is 17.7 Å². The van der Waals surface area contributed by atoms with Gasteiger partial charge < -0.3 is 19.2 Å². The molecule has 184 valence electrons. The van der Waals surface area contributed by atoms with Crippen molar-refractivity contribution in [1.29, 1.82) is 0 Å². The summed E-state index contributed by atoms with van der Waals surface area (Å²) in [6, 6.07) is 14.4. The number of barbiturate groups is 1. The van der Waals surface area contributed by atoms with Gasteiger partial charge in [-0.25, -0.2) is 4.79 Å². The zero-order chi connectivity index (χ0) is 25.7. The SMILES string of the molecule is COc1cc(/C=C2\C(=O)NC(=O)N(Cc3ccco3)C2=O)c(Br)cc1OCC(=O)Nc1ccccc1. The number of para-hydroxylation sites is 1. The molecule has 0 bridgehead atoms. The highest BCUT2D eigenvalue weighted by atomic mass is 79.9. The van der Waals surface area contributed by atoms with Crippen molar-refractivity contribution >= 4 is 51.4 Å². The zero-order valence-corrected chi connectivity index (χ0v) is 20.5. The van der Waals surface area contributed by atoms with Gasteiger partial charge in [-0.1, -0.05) is 34.1 Å². The lowest BCUT2D eigenvalue weighted by Crippen LogP contribution is -2.53. The van der Waals surface area contributed by atoms with Gasteiger partial charge in [0, 0.05) is 10.2 Å². The molecule has 10 nitrogen and oxygen atoms in total. The first-order valence-electron chi connectivity index (χ1n) is 10.6. The van der Waals surface area contributed by atoms with Crippen LogP contribution in [0.25, 0.3) is 6.08 Å². The van der Waals surface area contributed by atoms with Crippen LogP contribution in [0.2, 0.25) is 0 Å². The summed E-state index contributed by atoms with van der Waals surface area (Å²) in [4.78, 5) is 50.7. The molecule has 1 aromatic heterocycles. The number of halogens is 1. The van der Waals surface area contributed by atoms with Crippen LogP contribution >= 0.6 is 15.9 Å². The van der Waals surface area contributed by atoms with E-state index in [-0.39, 0.29) is 36.1 Å². The molecule has 1 fully saturated rings. The molecule has 3 aromatic rings. The minimum atomic E-state index is -0.840. The van der Waals surface area contributed by atoms with Crippen molar-refractivity contribution in [2.24, 2.45) is 0 Å². The zero-order valence-electron chi connectivity index (χ0n) is 18.9. The summed E-state index contributed by atoms with van der Waals surface area (Å²) in [6.45, 7) is -0.409. The molecule has 5 amide bonds. The number of imide groups is 2. The van der Waals surface area contributed by atoms with E-state index < -0.39 is 17.8 Å². The predicted octanol–water partition coefficient (Wildman–Crippen LogP) is 3.73. The number of carbonyl (C=O) groups excluding carboxylic acids is 4. The molecule has 11 heteroatoms. The second-order valence-electron chi connectivity index (χ2n) is 7.52. The quantitative estimate of drug-likeness (QED) is 0.321. The van der Waals surface area contributed by atoms with E-state index >= 15 is 0 Å².